The maximum absolute atomic E-state index is 9.99. The minimum absolute atomic E-state index is 0.205. The van der Waals surface area contributed by atoms with Crippen molar-refractivity contribution in [1.29, 1.82) is 0 Å². The number of pyridine rings is 1. The van der Waals surface area contributed by atoms with Gasteiger partial charge in [-0.3, -0.25) is 4.98 Å². The van der Waals surface area contributed by atoms with Gasteiger partial charge in [-0.2, -0.15) is 0 Å². The first-order valence-corrected chi connectivity index (χ1v) is 6.35. The Morgan fingerprint density at radius 2 is 2.00 bits per heavy atom. The highest BCUT2D eigenvalue weighted by Gasteiger charge is 2.08. The van der Waals surface area contributed by atoms with Gasteiger partial charge in [-0.25, -0.2) is 0 Å². The number of aromatic nitrogens is 1. The highest BCUT2D eigenvalue weighted by molar-refractivity contribution is 5.39. The Morgan fingerprint density at radius 1 is 1.25 bits per heavy atom. The fraction of sp³-hybridized carbons (Fsp3) is 0.267. The van der Waals surface area contributed by atoms with E-state index >= 15 is 0 Å². The monoisotopic (exact) mass is 274 g/mol. The number of nitrogens with one attached hydrogen (secondary N) is 1. The van der Waals surface area contributed by atoms with Crippen LogP contribution >= 0.6 is 0 Å². The lowest BCUT2D eigenvalue weighted by molar-refractivity contribution is 0.174. The molecule has 0 amide bonds. The first-order valence-electron chi connectivity index (χ1n) is 6.35. The summed E-state index contributed by atoms with van der Waals surface area (Å²) in [5, 5.41) is 22.8. The number of hydrogen-bond donors (Lipinski definition) is 3. The lowest BCUT2D eigenvalue weighted by atomic mass is 10.1. The summed E-state index contributed by atoms with van der Waals surface area (Å²) in [4.78, 5) is 3.91. The van der Waals surface area contributed by atoms with Crippen molar-refractivity contribution in [3.05, 3.63) is 53.9 Å². The second kappa shape index (κ2) is 6.88. The standard InChI is InChI=1S/C15H18N2O3/c1-20-13-2-3-14(18)12(8-13)9-17-10-15(19)11-4-6-16-7-5-11/h2-8,15,17-19H,9-10H2,1H3. The van der Waals surface area contributed by atoms with Crippen molar-refractivity contribution >= 4 is 0 Å². The molecule has 2 aromatic rings. The van der Waals surface area contributed by atoms with Crippen molar-refractivity contribution in [3.8, 4) is 11.5 Å². The highest BCUT2D eigenvalue weighted by atomic mass is 16.5. The summed E-state index contributed by atoms with van der Waals surface area (Å²) in [6, 6.07) is 8.60. The van der Waals surface area contributed by atoms with E-state index in [0.717, 1.165) is 11.1 Å². The van der Waals surface area contributed by atoms with Crippen LogP contribution < -0.4 is 10.1 Å². The van der Waals surface area contributed by atoms with Crippen LogP contribution in [0.3, 0.4) is 0 Å². The molecule has 0 radical (unpaired) electrons. The third kappa shape index (κ3) is 3.69. The van der Waals surface area contributed by atoms with E-state index in [1.165, 1.54) is 0 Å². The molecule has 1 aromatic heterocycles. The van der Waals surface area contributed by atoms with Gasteiger partial charge in [0.1, 0.15) is 11.5 Å². The Labute approximate surface area is 117 Å². The van der Waals surface area contributed by atoms with Crippen LogP contribution in [0.4, 0.5) is 0 Å². The number of nitrogens with zero attached hydrogens (tertiary/aromatic N) is 1. The Bertz CT molecular complexity index is 546. The summed E-state index contributed by atoms with van der Waals surface area (Å²) in [7, 11) is 1.58. The molecule has 1 aromatic carbocycles. The normalized spacial score (nSPS) is 12.1. The zero-order valence-electron chi connectivity index (χ0n) is 11.3. The van der Waals surface area contributed by atoms with E-state index in [-0.39, 0.29) is 5.75 Å². The summed E-state index contributed by atoms with van der Waals surface area (Å²) in [6.45, 7) is 0.839. The topological polar surface area (TPSA) is 74.6 Å². The molecule has 0 saturated heterocycles. The molecule has 1 heterocycles. The van der Waals surface area contributed by atoms with Crippen molar-refractivity contribution < 1.29 is 14.9 Å². The van der Waals surface area contributed by atoms with Gasteiger partial charge in [0.05, 0.1) is 13.2 Å². The average molecular weight is 274 g/mol. The maximum Gasteiger partial charge on any atom is 0.120 e. The van der Waals surface area contributed by atoms with Crippen molar-refractivity contribution in [3.63, 3.8) is 0 Å². The number of methoxy groups -OCH3 is 1. The van der Waals surface area contributed by atoms with Crippen molar-refractivity contribution in [2.45, 2.75) is 12.6 Å². The van der Waals surface area contributed by atoms with Gasteiger partial charge in [0.15, 0.2) is 0 Å². The molecule has 0 aliphatic carbocycles. The van der Waals surface area contributed by atoms with E-state index in [2.05, 4.69) is 10.3 Å². The summed E-state index contributed by atoms with van der Waals surface area (Å²) < 4.78 is 5.11. The molecule has 0 fully saturated rings. The second-order valence-electron chi connectivity index (χ2n) is 4.42. The summed E-state index contributed by atoms with van der Waals surface area (Å²) in [5.41, 5.74) is 1.54. The van der Waals surface area contributed by atoms with Gasteiger partial charge in [0, 0.05) is 31.0 Å². The first-order chi connectivity index (χ1) is 9.70. The van der Waals surface area contributed by atoms with Crippen LogP contribution in [0.5, 0.6) is 11.5 Å². The third-order valence-corrected chi connectivity index (χ3v) is 3.03. The van der Waals surface area contributed by atoms with Gasteiger partial charge >= 0.3 is 0 Å². The fourth-order valence-corrected chi connectivity index (χ4v) is 1.88. The van der Waals surface area contributed by atoms with Crippen LogP contribution in [0.2, 0.25) is 0 Å². The molecule has 2 rings (SSSR count). The molecule has 1 unspecified atom stereocenters. The molecule has 3 N–H and O–H groups in total. The van der Waals surface area contributed by atoms with Crippen LogP contribution in [-0.4, -0.2) is 28.9 Å². The predicted molar refractivity (Wildman–Crippen MR) is 75.6 cm³/mol. The van der Waals surface area contributed by atoms with Gasteiger partial charge < -0.3 is 20.3 Å². The van der Waals surface area contributed by atoms with Gasteiger partial charge in [-0.15, -0.1) is 0 Å². The van der Waals surface area contributed by atoms with Crippen LogP contribution in [0.25, 0.3) is 0 Å². The van der Waals surface area contributed by atoms with E-state index in [0.29, 0.717) is 18.8 Å². The number of ether oxygens (including phenoxy) is 1. The zero-order valence-corrected chi connectivity index (χ0v) is 11.3. The van der Waals surface area contributed by atoms with Crippen LogP contribution in [0, 0.1) is 0 Å². The Kier molecular flexibility index (Phi) is 4.92. The molecule has 20 heavy (non-hydrogen) atoms. The number of phenolic OH excluding ortho intramolecular Hbond substituents is 1. The highest BCUT2D eigenvalue weighted by Crippen LogP contribution is 2.22. The second-order valence-corrected chi connectivity index (χ2v) is 4.42. The number of aliphatic hydroxyl groups is 1. The first kappa shape index (κ1) is 14.3. The minimum atomic E-state index is -0.606. The molecule has 0 bridgehead atoms. The van der Waals surface area contributed by atoms with Crippen molar-refractivity contribution in [1.82, 2.24) is 10.3 Å². The molecule has 0 saturated carbocycles. The number of rotatable bonds is 6. The number of aromatic hydroxyl groups is 1. The van der Waals surface area contributed by atoms with Gasteiger partial charge in [-0.05, 0) is 35.9 Å². The smallest absolute Gasteiger partial charge is 0.120 e. The molecule has 1 atom stereocenters. The number of benzene rings is 1. The molecular weight excluding hydrogens is 256 g/mol. The molecule has 0 aliphatic rings. The summed E-state index contributed by atoms with van der Waals surface area (Å²) >= 11 is 0. The largest absolute Gasteiger partial charge is 0.508 e. The molecule has 5 nitrogen and oxygen atoms in total. The van der Waals surface area contributed by atoms with Gasteiger partial charge in [0.25, 0.3) is 0 Å². The van der Waals surface area contributed by atoms with E-state index in [1.54, 1.807) is 49.8 Å². The lowest BCUT2D eigenvalue weighted by Crippen LogP contribution is -2.21. The predicted octanol–water partition coefficient (Wildman–Crippen LogP) is 1.62. The van der Waals surface area contributed by atoms with E-state index in [1.807, 2.05) is 0 Å². The van der Waals surface area contributed by atoms with Crippen molar-refractivity contribution in [2.24, 2.45) is 0 Å². The van der Waals surface area contributed by atoms with Gasteiger partial charge in [-0.1, -0.05) is 0 Å². The van der Waals surface area contributed by atoms with Crippen molar-refractivity contribution in [2.75, 3.05) is 13.7 Å². The Hall–Kier alpha value is -2.11. The van der Waals surface area contributed by atoms with Crippen LogP contribution in [0.15, 0.2) is 42.7 Å². The lowest BCUT2D eigenvalue weighted by Gasteiger charge is -2.13. The summed E-state index contributed by atoms with van der Waals surface area (Å²) in [5.74, 6) is 0.894. The zero-order chi connectivity index (χ0) is 14.4. The van der Waals surface area contributed by atoms with E-state index in [9.17, 15) is 10.2 Å². The van der Waals surface area contributed by atoms with E-state index in [4.69, 9.17) is 4.74 Å². The Balaban J connectivity index is 1.90. The number of hydrogen-bond acceptors (Lipinski definition) is 5. The molecule has 0 aliphatic heterocycles. The third-order valence-electron chi connectivity index (χ3n) is 3.03. The number of aliphatic hydroxyl groups excluding tert-OH is 1. The van der Waals surface area contributed by atoms with Gasteiger partial charge in [0.2, 0.25) is 0 Å². The molecule has 106 valence electrons. The fourth-order valence-electron chi connectivity index (χ4n) is 1.88. The molecule has 0 spiro atoms. The minimum Gasteiger partial charge on any atom is -0.508 e. The van der Waals surface area contributed by atoms with Crippen LogP contribution in [0.1, 0.15) is 17.2 Å². The maximum atomic E-state index is 9.99. The number of phenols is 1. The molecular formula is C15H18N2O3. The Morgan fingerprint density at radius 3 is 2.70 bits per heavy atom. The SMILES string of the molecule is COc1ccc(O)c(CNCC(O)c2ccncc2)c1. The van der Waals surface area contributed by atoms with Crippen LogP contribution in [-0.2, 0) is 6.54 Å². The average Bonchev–Trinajstić information content (AvgIpc) is 2.50. The summed E-state index contributed by atoms with van der Waals surface area (Å²) in [6.07, 6.45) is 2.68. The quantitative estimate of drug-likeness (QED) is 0.746. The van der Waals surface area contributed by atoms with E-state index < -0.39 is 6.10 Å². The molecule has 5 heteroatoms.